The van der Waals surface area contributed by atoms with Crippen molar-refractivity contribution in [2.24, 2.45) is 5.92 Å². The van der Waals surface area contributed by atoms with Crippen LogP contribution in [-0.2, 0) is 4.79 Å². The lowest BCUT2D eigenvalue weighted by molar-refractivity contribution is -0.125. The van der Waals surface area contributed by atoms with Gasteiger partial charge in [0, 0.05) is 22.0 Å². The SMILES string of the molecule is CC1(NC(=O)C2CCC(n3cncc3-c3ccc(Br)cc3)C2)CC1. The van der Waals surface area contributed by atoms with Gasteiger partial charge >= 0.3 is 0 Å². The number of amides is 1. The van der Waals surface area contributed by atoms with E-state index in [9.17, 15) is 4.79 Å². The highest BCUT2D eigenvalue weighted by Crippen LogP contribution is 2.39. The molecule has 1 N–H and O–H groups in total. The minimum absolute atomic E-state index is 0.0762. The highest BCUT2D eigenvalue weighted by atomic mass is 79.9. The van der Waals surface area contributed by atoms with Crippen LogP contribution >= 0.6 is 15.9 Å². The van der Waals surface area contributed by atoms with Gasteiger partial charge in [0.2, 0.25) is 5.91 Å². The molecule has 2 unspecified atom stereocenters. The Hall–Kier alpha value is -1.62. The molecule has 5 heteroatoms. The number of imidazole rings is 1. The van der Waals surface area contributed by atoms with Crippen LogP contribution in [0, 0.1) is 5.92 Å². The van der Waals surface area contributed by atoms with E-state index in [-0.39, 0.29) is 17.4 Å². The fourth-order valence-corrected chi connectivity index (χ4v) is 3.86. The van der Waals surface area contributed by atoms with Crippen molar-refractivity contribution in [1.29, 1.82) is 0 Å². The van der Waals surface area contributed by atoms with Gasteiger partial charge in [-0.3, -0.25) is 4.79 Å². The Kier molecular flexibility index (Phi) is 3.99. The highest BCUT2D eigenvalue weighted by molar-refractivity contribution is 9.10. The summed E-state index contributed by atoms with van der Waals surface area (Å²) in [6.45, 7) is 2.14. The van der Waals surface area contributed by atoms with Gasteiger partial charge in [-0.1, -0.05) is 28.1 Å². The molecule has 2 aromatic rings. The van der Waals surface area contributed by atoms with E-state index in [2.05, 4.69) is 49.9 Å². The molecule has 4 rings (SSSR count). The first-order chi connectivity index (χ1) is 11.5. The second kappa shape index (κ2) is 6.03. The van der Waals surface area contributed by atoms with Crippen molar-refractivity contribution in [1.82, 2.24) is 14.9 Å². The third kappa shape index (κ3) is 3.14. The van der Waals surface area contributed by atoms with Gasteiger partial charge in [-0.2, -0.15) is 0 Å². The summed E-state index contributed by atoms with van der Waals surface area (Å²) in [5.41, 5.74) is 2.36. The Bertz CT molecular complexity index is 748. The second-order valence-electron chi connectivity index (χ2n) is 7.41. The monoisotopic (exact) mass is 387 g/mol. The van der Waals surface area contributed by atoms with Crippen molar-refractivity contribution in [3.63, 3.8) is 0 Å². The summed E-state index contributed by atoms with van der Waals surface area (Å²) < 4.78 is 3.32. The lowest BCUT2D eigenvalue weighted by Crippen LogP contribution is -2.38. The van der Waals surface area contributed by atoms with Crippen molar-refractivity contribution >= 4 is 21.8 Å². The van der Waals surface area contributed by atoms with Crippen LogP contribution in [0.4, 0.5) is 0 Å². The van der Waals surface area contributed by atoms with Crippen molar-refractivity contribution in [3.05, 3.63) is 41.3 Å². The predicted molar refractivity (Wildman–Crippen MR) is 97.5 cm³/mol. The zero-order chi connectivity index (χ0) is 16.7. The molecule has 1 heterocycles. The second-order valence-corrected chi connectivity index (χ2v) is 8.32. The van der Waals surface area contributed by atoms with Crippen molar-refractivity contribution in [2.75, 3.05) is 0 Å². The molecule has 1 aromatic heterocycles. The van der Waals surface area contributed by atoms with Crippen LogP contribution < -0.4 is 5.32 Å². The lowest BCUT2D eigenvalue weighted by Gasteiger charge is -2.18. The van der Waals surface area contributed by atoms with Gasteiger partial charge in [-0.15, -0.1) is 0 Å². The number of hydrogen-bond acceptors (Lipinski definition) is 2. The van der Waals surface area contributed by atoms with Crippen LogP contribution in [0.2, 0.25) is 0 Å². The summed E-state index contributed by atoms with van der Waals surface area (Å²) in [4.78, 5) is 16.8. The maximum atomic E-state index is 12.5. The number of carbonyl (C=O) groups excluding carboxylic acids is 1. The summed E-state index contributed by atoms with van der Waals surface area (Å²) in [5.74, 6) is 0.371. The highest BCUT2D eigenvalue weighted by Gasteiger charge is 2.41. The molecule has 1 aromatic carbocycles. The van der Waals surface area contributed by atoms with Gasteiger partial charge in [-0.05, 0) is 56.7 Å². The number of nitrogens with one attached hydrogen (secondary N) is 1. The van der Waals surface area contributed by atoms with Crippen LogP contribution in [0.3, 0.4) is 0 Å². The van der Waals surface area contributed by atoms with E-state index in [0.29, 0.717) is 6.04 Å². The largest absolute Gasteiger partial charge is 0.351 e. The zero-order valence-corrected chi connectivity index (χ0v) is 15.4. The summed E-state index contributed by atoms with van der Waals surface area (Å²) in [5, 5.41) is 3.22. The number of carbonyl (C=O) groups is 1. The van der Waals surface area contributed by atoms with Crippen molar-refractivity contribution in [2.45, 2.75) is 50.6 Å². The molecule has 2 aliphatic carbocycles. The zero-order valence-electron chi connectivity index (χ0n) is 13.8. The Labute approximate surface area is 150 Å². The van der Waals surface area contributed by atoms with Gasteiger partial charge < -0.3 is 9.88 Å². The Morgan fingerprint density at radius 1 is 1.29 bits per heavy atom. The van der Waals surface area contributed by atoms with E-state index in [1.165, 1.54) is 0 Å². The van der Waals surface area contributed by atoms with E-state index in [0.717, 1.165) is 47.8 Å². The molecule has 2 fully saturated rings. The van der Waals surface area contributed by atoms with E-state index >= 15 is 0 Å². The average Bonchev–Trinajstić information content (AvgIpc) is 2.99. The van der Waals surface area contributed by atoms with Gasteiger partial charge in [-0.25, -0.2) is 4.98 Å². The minimum Gasteiger partial charge on any atom is -0.351 e. The third-order valence-corrected chi connectivity index (χ3v) is 5.93. The molecule has 4 nitrogen and oxygen atoms in total. The van der Waals surface area contributed by atoms with E-state index in [1.807, 2.05) is 24.7 Å². The number of hydrogen-bond donors (Lipinski definition) is 1. The maximum Gasteiger partial charge on any atom is 0.223 e. The maximum absolute atomic E-state index is 12.5. The summed E-state index contributed by atoms with van der Waals surface area (Å²) in [6, 6.07) is 8.66. The predicted octanol–water partition coefficient (Wildman–Crippen LogP) is 4.32. The van der Waals surface area contributed by atoms with Crippen LogP contribution in [-0.4, -0.2) is 21.0 Å². The normalized spacial score (nSPS) is 24.8. The Morgan fingerprint density at radius 3 is 2.75 bits per heavy atom. The molecule has 2 atom stereocenters. The topological polar surface area (TPSA) is 46.9 Å². The third-order valence-electron chi connectivity index (χ3n) is 5.40. The number of nitrogens with zero attached hydrogens (tertiary/aromatic N) is 2. The first-order valence-electron chi connectivity index (χ1n) is 8.64. The van der Waals surface area contributed by atoms with Gasteiger partial charge in [0.25, 0.3) is 0 Å². The number of aromatic nitrogens is 2. The summed E-state index contributed by atoms with van der Waals surface area (Å²) in [7, 11) is 0. The molecule has 0 spiro atoms. The van der Waals surface area contributed by atoms with E-state index < -0.39 is 0 Å². The Balaban J connectivity index is 1.48. The number of halogens is 1. The summed E-state index contributed by atoms with van der Waals surface area (Å²) in [6.07, 6.45) is 8.96. The molecule has 126 valence electrons. The standard InChI is InChI=1S/C19H22BrN3O/c1-19(8-9-19)22-18(24)14-4-7-16(10-14)23-12-21-11-17(23)13-2-5-15(20)6-3-13/h2-3,5-6,11-12,14,16H,4,7-10H2,1H3,(H,22,24). The van der Waals surface area contributed by atoms with Crippen molar-refractivity contribution in [3.8, 4) is 11.3 Å². The molecule has 24 heavy (non-hydrogen) atoms. The quantitative estimate of drug-likeness (QED) is 0.848. The molecule has 0 saturated heterocycles. The first kappa shape index (κ1) is 15.9. The van der Waals surface area contributed by atoms with Crippen molar-refractivity contribution < 1.29 is 4.79 Å². The van der Waals surface area contributed by atoms with Crippen LogP contribution in [0.1, 0.15) is 45.1 Å². The summed E-state index contributed by atoms with van der Waals surface area (Å²) >= 11 is 3.48. The van der Waals surface area contributed by atoms with Gasteiger partial charge in [0.15, 0.2) is 0 Å². The van der Waals surface area contributed by atoms with E-state index in [4.69, 9.17) is 0 Å². The molecule has 0 radical (unpaired) electrons. The van der Waals surface area contributed by atoms with Crippen LogP contribution in [0.5, 0.6) is 0 Å². The molecule has 1 amide bonds. The fourth-order valence-electron chi connectivity index (χ4n) is 3.60. The lowest BCUT2D eigenvalue weighted by atomic mass is 10.1. The number of benzene rings is 1. The Morgan fingerprint density at radius 2 is 2.04 bits per heavy atom. The number of rotatable bonds is 4. The van der Waals surface area contributed by atoms with Gasteiger partial charge in [0.1, 0.15) is 0 Å². The average molecular weight is 388 g/mol. The first-order valence-corrected chi connectivity index (χ1v) is 9.43. The molecule has 0 aliphatic heterocycles. The van der Waals surface area contributed by atoms with E-state index in [1.54, 1.807) is 0 Å². The minimum atomic E-state index is 0.0762. The smallest absolute Gasteiger partial charge is 0.223 e. The van der Waals surface area contributed by atoms with Crippen LogP contribution in [0.15, 0.2) is 41.3 Å². The van der Waals surface area contributed by atoms with Crippen LogP contribution in [0.25, 0.3) is 11.3 Å². The molecule has 0 bridgehead atoms. The fraction of sp³-hybridized carbons (Fsp3) is 0.474. The van der Waals surface area contributed by atoms with Gasteiger partial charge in [0.05, 0.1) is 18.2 Å². The molecule has 2 aliphatic rings. The molecule has 2 saturated carbocycles. The molecular weight excluding hydrogens is 366 g/mol. The molecular formula is C19H22BrN3O.